The van der Waals surface area contributed by atoms with Gasteiger partial charge in [0.05, 0.1) is 12.1 Å². The van der Waals surface area contributed by atoms with E-state index in [9.17, 15) is 14.7 Å². The smallest absolute Gasteiger partial charge is 0.345 e. The van der Waals surface area contributed by atoms with Crippen molar-refractivity contribution in [3.63, 3.8) is 0 Å². The van der Waals surface area contributed by atoms with E-state index in [1.54, 1.807) is 12.1 Å². The van der Waals surface area contributed by atoms with Gasteiger partial charge in [-0.15, -0.1) is 11.3 Å². The molecule has 0 radical (unpaired) electrons. The van der Waals surface area contributed by atoms with Crippen molar-refractivity contribution in [2.24, 2.45) is 5.92 Å². The summed E-state index contributed by atoms with van der Waals surface area (Å²) in [6.45, 7) is 2.60. The molecule has 1 fully saturated rings. The average Bonchev–Trinajstić information content (AvgIpc) is 3.40. The molecule has 32 heavy (non-hydrogen) atoms. The highest BCUT2D eigenvalue weighted by atomic mass is 32.1. The third-order valence-corrected chi connectivity index (χ3v) is 6.75. The first-order valence-electron chi connectivity index (χ1n) is 11.0. The van der Waals surface area contributed by atoms with Gasteiger partial charge in [0.25, 0.3) is 0 Å². The molecule has 1 saturated heterocycles. The number of hydrogen-bond acceptors (Lipinski definition) is 4. The molecular formula is C26H29NO4S. The fraction of sp³-hybridized carbons (Fsp3) is 0.385. The number of carbonyl (C=O) groups excluding carboxylic acids is 1. The lowest BCUT2D eigenvalue weighted by atomic mass is 9.99. The van der Waals surface area contributed by atoms with Gasteiger partial charge in [0.1, 0.15) is 4.88 Å². The molecule has 0 bridgehead atoms. The normalized spacial score (nSPS) is 17.9. The highest BCUT2D eigenvalue weighted by molar-refractivity contribution is 7.13. The number of aromatic carboxylic acids is 1. The van der Waals surface area contributed by atoms with Crippen LogP contribution in [0, 0.1) is 17.8 Å². The molecule has 0 saturated carbocycles. The molecule has 2 N–H and O–H groups in total. The summed E-state index contributed by atoms with van der Waals surface area (Å²) in [7, 11) is 0. The van der Waals surface area contributed by atoms with Crippen LogP contribution < -0.4 is 0 Å². The minimum absolute atomic E-state index is 0.00216. The number of aryl methyl sites for hydroxylation is 1. The predicted octanol–water partition coefficient (Wildman–Crippen LogP) is 4.36. The number of aliphatic hydroxyl groups excluding tert-OH is 1. The number of hydrogen-bond donors (Lipinski definition) is 2. The first kappa shape index (κ1) is 23.8. The topological polar surface area (TPSA) is 77.8 Å². The van der Waals surface area contributed by atoms with Crippen molar-refractivity contribution in [1.82, 2.24) is 4.90 Å². The van der Waals surface area contributed by atoms with Gasteiger partial charge in [-0.1, -0.05) is 49.1 Å². The van der Waals surface area contributed by atoms with Gasteiger partial charge in [0.15, 0.2) is 0 Å². The Labute approximate surface area is 193 Å². The van der Waals surface area contributed by atoms with Crippen LogP contribution in [0.2, 0.25) is 0 Å². The van der Waals surface area contributed by atoms with Crippen LogP contribution in [0.3, 0.4) is 0 Å². The van der Waals surface area contributed by atoms with Crippen molar-refractivity contribution in [3.05, 3.63) is 69.9 Å². The first-order chi connectivity index (χ1) is 15.4. The lowest BCUT2D eigenvalue weighted by Crippen LogP contribution is -2.33. The zero-order chi connectivity index (χ0) is 22.9. The van der Waals surface area contributed by atoms with Gasteiger partial charge < -0.3 is 15.1 Å². The number of rotatable bonds is 9. The maximum Gasteiger partial charge on any atom is 0.345 e. The van der Waals surface area contributed by atoms with E-state index in [-0.39, 0.29) is 17.9 Å². The highest BCUT2D eigenvalue weighted by Gasteiger charge is 2.28. The monoisotopic (exact) mass is 451 g/mol. The fourth-order valence-electron chi connectivity index (χ4n) is 3.69. The molecule has 6 heteroatoms. The minimum Gasteiger partial charge on any atom is -0.477 e. The van der Waals surface area contributed by atoms with E-state index in [2.05, 4.69) is 11.8 Å². The summed E-state index contributed by atoms with van der Waals surface area (Å²) in [5, 5.41) is 19.5. The lowest BCUT2D eigenvalue weighted by molar-refractivity contribution is -0.128. The lowest BCUT2D eigenvalue weighted by Gasteiger charge is -2.23. The predicted molar refractivity (Wildman–Crippen MR) is 127 cm³/mol. The van der Waals surface area contributed by atoms with Crippen LogP contribution in [-0.4, -0.2) is 45.7 Å². The van der Waals surface area contributed by atoms with Crippen molar-refractivity contribution in [3.8, 4) is 11.8 Å². The third kappa shape index (κ3) is 6.81. The maximum absolute atomic E-state index is 12.3. The molecule has 0 spiro atoms. The van der Waals surface area contributed by atoms with Crippen LogP contribution in [0.25, 0.3) is 0 Å². The summed E-state index contributed by atoms with van der Waals surface area (Å²) in [5.41, 5.74) is 0.964. The number of likely N-dealkylation sites (tertiary alicyclic amines) is 1. The van der Waals surface area contributed by atoms with Crippen molar-refractivity contribution in [1.29, 1.82) is 0 Å². The molecular weight excluding hydrogens is 422 g/mol. The van der Waals surface area contributed by atoms with Crippen LogP contribution in [0.15, 0.2) is 54.6 Å². The molecule has 1 aliphatic heterocycles. The maximum atomic E-state index is 12.3. The van der Waals surface area contributed by atoms with Crippen LogP contribution in [0.5, 0.6) is 0 Å². The fourth-order valence-corrected chi connectivity index (χ4v) is 4.57. The number of nitrogens with zero attached hydrogens (tertiary/aromatic N) is 1. The van der Waals surface area contributed by atoms with Gasteiger partial charge in [-0.05, 0) is 49.4 Å². The first-order valence-corrected chi connectivity index (χ1v) is 11.8. The molecule has 168 valence electrons. The summed E-state index contributed by atoms with van der Waals surface area (Å²) in [6, 6.07) is 13.2. The van der Waals surface area contributed by atoms with Crippen molar-refractivity contribution >= 4 is 23.2 Å². The van der Waals surface area contributed by atoms with Crippen LogP contribution >= 0.6 is 11.3 Å². The summed E-state index contributed by atoms with van der Waals surface area (Å²) in [5.74, 6) is 5.47. The molecule has 1 aromatic heterocycles. The number of carbonyl (C=O) groups is 2. The van der Waals surface area contributed by atoms with Crippen LogP contribution in [0.4, 0.5) is 0 Å². The Morgan fingerprint density at radius 1 is 1.28 bits per heavy atom. The highest BCUT2D eigenvalue weighted by Crippen LogP contribution is 2.23. The molecule has 1 aliphatic rings. The standard InChI is InChI=1S/C26H29NO4S/c1-19(7-5-10-20-8-3-2-4-9-20)23(28)15-12-21-13-17-25(29)27(21)18-6-11-22-14-16-24(32-22)26(30)31/h2-4,8-9,12,14-16,19,21,23,28H,6-7,11,13,17-18H2,1H3,(H,30,31)/b15-12+/t19?,21?,23-/m1/s1. The van der Waals surface area contributed by atoms with E-state index >= 15 is 0 Å². The minimum atomic E-state index is -0.903. The van der Waals surface area contributed by atoms with Crippen molar-refractivity contribution < 1.29 is 19.8 Å². The van der Waals surface area contributed by atoms with Crippen molar-refractivity contribution in [2.45, 2.75) is 51.2 Å². The molecule has 2 aromatic rings. The Balaban J connectivity index is 1.48. The van der Waals surface area contributed by atoms with Gasteiger partial charge in [0.2, 0.25) is 5.91 Å². The number of carboxylic acids is 1. The van der Waals surface area contributed by atoms with E-state index < -0.39 is 12.1 Å². The van der Waals surface area contributed by atoms with Gasteiger partial charge in [-0.25, -0.2) is 4.79 Å². The summed E-state index contributed by atoms with van der Waals surface area (Å²) >= 11 is 1.29. The second-order valence-electron chi connectivity index (χ2n) is 8.09. The molecule has 2 unspecified atom stereocenters. The second kappa shape index (κ2) is 11.7. The zero-order valence-electron chi connectivity index (χ0n) is 18.2. The summed E-state index contributed by atoms with van der Waals surface area (Å²) < 4.78 is 0. The zero-order valence-corrected chi connectivity index (χ0v) is 19.1. The third-order valence-electron chi connectivity index (χ3n) is 5.61. The Kier molecular flexibility index (Phi) is 8.66. The van der Waals surface area contributed by atoms with Crippen LogP contribution in [0.1, 0.15) is 52.7 Å². The summed E-state index contributed by atoms with van der Waals surface area (Å²) in [6.07, 6.45) is 6.53. The van der Waals surface area contributed by atoms with Crippen LogP contribution in [-0.2, 0) is 11.2 Å². The largest absolute Gasteiger partial charge is 0.477 e. The summed E-state index contributed by atoms with van der Waals surface area (Å²) in [4.78, 5) is 26.5. The Morgan fingerprint density at radius 3 is 2.78 bits per heavy atom. The van der Waals surface area contributed by atoms with E-state index in [1.165, 1.54) is 11.3 Å². The number of aliphatic hydroxyl groups is 1. The quantitative estimate of drug-likeness (QED) is 0.439. The molecule has 3 atom stereocenters. The van der Waals surface area contributed by atoms with Gasteiger partial charge in [-0.3, -0.25) is 4.79 Å². The van der Waals surface area contributed by atoms with E-state index in [4.69, 9.17) is 5.11 Å². The van der Waals surface area contributed by atoms with E-state index in [1.807, 2.05) is 54.3 Å². The molecule has 2 heterocycles. The van der Waals surface area contributed by atoms with Crippen molar-refractivity contribution in [2.75, 3.05) is 6.54 Å². The van der Waals surface area contributed by atoms with E-state index in [0.29, 0.717) is 24.3 Å². The Hall–Kier alpha value is -2.88. The van der Waals surface area contributed by atoms with E-state index in [0.717, 1.165) is 29.7 Å². The Morgan fingerprint density at radius 2 is 2.06 bits per heavy atom. The van der Waals surface area contributed by atoms with Gasteiger partial charge in [-0.2, -0.15) is 0 Å². The molecule has 1 amide bonds. The number of carboxylic acid groups (broad SMARTS) is 1. The SMILES string of the molecule is CC(CC#Cc1ccccc1)[C@H](O)/C=C/C1CCC(=O)N1CCCc1ccc(C(=O)O)s1. The van der Waals surface area contributed by atoms with Gasteiger partial charge >= 0.3 is 5.97 Å². The number of amides is 1. The number of benzene rings is 1. The molecule has 1 aromatic carbocycles. The molecule has 3 rings (SSSR count). The molecule has 5 nitrogen and oxygen atoms in total. The Bertz CT molecular complexity index is 1000. The van der Waals surface area contributed by atoms with Gasteiger partial charge in [0, 0.05) is 29.8 Å². The second-order valence-corrected chi connectivity index (χ2v) is 9.26. The average molecular weight is 452 g/mol. The number of thiophene rings is 1. The molecule has 0 aliphatic carbocycles.